The molecule has 4 nitrogen and oxygen atoms in total. The van der Waals surface area contributed by atoms with Crippen molar-refractivity contribution >= 4 is 5.91 Å². The number of rotatable bonds is 9. The Labute approximate surface area is 125 Å². The molecule has 5 heteroatoms. The van der Waals surface area contributed by atoms with Crippen LogP contribution in [0.2, 0.25) is 0 Å². The molecule has 0 heterocycles. The van der Waals surface area contributed by atoms with Gasteiger partial charge in [-0.2, -0.15) is 0 Å². The number of benzene rings is 1. The van der Waals surface area contributed by atoms with Crippen molar-refractivity contribution in [2.75, 3.05) is 13.2 Å². The van der Waals surface area contributed by atoms with Gasteiger partial charge in [0.25, 0.3) is 0 Å². The summed E-state index contributed by atoms with van der Waals surface area (Å²) < 4.78 is 18.6. The molecule has 0 aliphatic rings. The minimum Gasteiger partial charge on any atom is -0.491 e. The fourth-order valence-electron chi connectivity index (χ4n) is 2.10. The minimum atomic E-state index is -0.388. The number of halogens is 1. The summed E-state index contributed by atoms with van der Waals surface area (Å²) in [6.07, 6.45) is 2.49. The molecular formula is C16H25FN2O2. The standard InChI is InChI=1S/C16H25FN2O2/c1-3-16(4-2,12-18)19-15(20)10-7-11-21-14-9-6-5-8-13(14)17/h5-6,8-9H,3-4,7,10-12,18H2,1-2H3,(H,19,20). The Morgan fingerprint density at radius 3 is 2.57 bits per heavy atom. The number of carbonyl (C=O) groups is 1. The Bertz CT molecular complexity index is 439. The Morgan fingerprint density at radius 1 is 1.33 bits per heavy atom. The van der Waals surface area contributed by atoms with Gasteiger partial charge in [0.1, 0.15) is 0 Å². The fraction of sp³-hybridized carbons (Fsp3) is 0.562. The van der Waals surface area contributed by atoms with E-state index in [4.69, 9.17) is 10.5 Å². The van der Waals surface area contributed by atoms with Crippen molar-refractivity contribution in [2.45, 2.75) is 45.1 Å². The van der Waals surface area contributed by atoms with Gasteiger partial charge in [-0.05, 0) is 31.4 Å². The molecule has 0 fully saturated rings. The van der Waals surface area contributed by atoms with E-state index in [1.54, 1.807) is 18.2 Å². The smallest absolute Gasteiger partial charge is 0.220 e. The summed E-state index contributed by atoms with van der Waals surface area (Å²) >= 11 is 0. The first kappa shape index (κ1) is 17.4. The van der Waals surface area contributed by atoms with Crippen LogP contribution in [0.25, 0.3) is 0 Å². The van der Waals surface area contributed by atoms with Crippen LogP contribution in [0.5, 0.6) is 5.75 Å². The number of nitrogens with one attached hydrogen (secondary N) is 1. The Hall–Kier alpha value is -1.62. The van der Waals surface area contributed by atoms with E-state index < -0.39 is 0 Å². The van der Waals surface area contributed by atoms with Crippen molar-refractivity contribution in [3.8, 4) is 5.75 Å². The van der Waals surface area contributed by atoms with Gasteiger partial charge in [-0.1, -0.05) is 26.0 Å². The molecule has 1 amide bonds. The lowest BCUT2D eigenvalue weighted by Gasteiger charge is -2.31. The molecule has 0 aliphatic heterocycles. The number of hydrogen-bond donors (Lipinski definition) is 2. The van der Waals surface area contributed by atoms with E-state index in [1.807, 2.05) is 13.8 Å². The predicted molar refractivity (Wildman–Crippen MR) is 81.6 cm³/mol. The number of para-hydroxylation sites is 1. The highest BCUT2D eigenvalue weighted by molar-refractivity contribution is 5.76. The van der Waals surface area contributed by atoms with Crippen molar-refractivity contribution in [3.63, 3.8) is 0 Å². The molecule has 0 saturated heterocycles. The molecule has 0 saturated carbocycles. The van der Waals surface area contributed by atoms with Crippen LogP contribution in [0, 0.1) is 5.82 Å². The lowest BCUT2D eigenvalue weighted by Crippen LogP contribution is -2.52. The molecular weight excluding hydrogens is 271 g/mol. The Morgan fingerprint density at radius 2 is 2.00 bits per heavy atom. The zero-order valence-electron chi connectivity index (χ0n) is 12.8. The number of amides is 1. The predicted octanol–water partition coefficient (Wildman–Crippen LogP) is 2.62. The van der Waals surface area contributed by atoms with Gasteiger partial charge in [-0.25, -0.2) is 4.39 Å². The first-order valence-electron chi connectivity index (χ1n) is 7.45. The van der Waals surface area contributed by atoms with E-state index in [0.29, 0.717) is 26.0 Å². The molecule has 3 N–H and O–H groups in total. The Kier molecular flexibility index (Phi) is 7.15. The lowest BCUT2D eigenvalue weighted by molar-refractivity contribution is -0.123. The maximum Gasteiger partial charge on any atom is 0.220 e. The molecule has 0 radical (unpaired) electrons. The van der Waals surface area contributed by atoms with Gasteiger partial charge in [-0.15, -0.1) is 0 Å². The third-order valence-electron chi connectivity index (χ3n) is 3.79. The van der Waals surface area contributed by atoms with Gasteiger partial charge in [-0.3, -0.25) is 4.79 Å². The SMILES string of the molecule is CCC(CC)(CN)NC(=O)CCCOc1ccccc1F. The highest BCUT2D eigenvalue weighted by Gasteiger charge is 2.25. The van der Waals surface area contributed by atoms with Crippen LogP contribution in [0.15, 0.2) is 24.3 Å². The second-order valence-corrected chi connectivity index (χ2v) is 5.12. The van der Waals surface area contributed by atoms with Gasteiger partial charge in [0.15, 0.2) is 11.6 Å². The summed E-state index contributed by atoms with van der Waals surface area (Å²) in [5, 5.41) is 3.00. The molecule has 0 atom stereocenters. The second-order valence-electron chi connectivity index (χ2n) is 5.12. The topological polar surface area (TPSA) is 64.3 Å². The van der Waals surface area contributed by atoms with Crippen LogP contribution in [-0.2, 0) is 4.79 Å². The van der Waals surface area contributed by atoms with Crippen molar-refractivity contribution in [3.05, 3.63) is 30.1 Å². The second kappa shape index (κ2) is 8.62. The average Bonchev–Trinajstić information content (AvgIpc) is 2.51. The van der Waals surface area contributed by atoms with Gasteiger partial charge in [0, 0.05) is 13.0 Å². The summed E-state index contributed by atoms with van der Waals surface area (Å²) in [7, 11) is 0. The maximum absolute atomic E-state index is 13.3. The van der Waals surface area contributed by atoms with Crippen LogP contribution in [0.1, 0.15) is 39.5 Å². The molecule has 21 heavy (non-hydrogen) atoms. The van der Waals surface area contributed by atoms with E-state index in [2.05, 4.69) is 5.32 Å². The largest absolute Gasteiger partial charge is 0.491 e. The van der Waals surface area contributed by atoms with Crippen LogP contribution in [0.4, 0.5) is 4.39 Å². The summed E-state index contributed by atoms with van der Waals surface area (Å²) in [4.78, 5) is 11.9. The summed E-state index contributed by atoms with van der Waals surface area (Å²) in [5.74, 6) is -0.210. The highest BCUT2D eigenvalue weighted by atomic mass is 19.1. The van der Waals surface area contributed by atoms with Gasteiger partial charge in [0.2, 0.25) is 5.91 Å². The maximum atomic E-state index is 13.3. The lowest BCUT2D eigenvalue weighted by atomic mass is 9.92. The quantitative estimate of drug-likeness (QED) is 0.689. The summed E-state index contributed by atoms with van der Waals surface area (Å²) in [5.41, 5.74) is 5.43. The fourth-order valence-corrected chi connectivity index (χ4v) is 2.10. The first-order valence-corrected chi connectivity index (χ1v) is 7.45. The van der Waals surface area contributed by atoms with Crippen LogP contribution in [-0.4, -0.2) is 24.6 Å². The molecule has 1 aromatic rings. The zero-order chi connectivity index (χ0) is 15.7. The van der Waals surface area contributed by atoms with E-state index in [1.165, 1.54) is 6.07 Å². The molecule has 0 bridgehead atoms. The normalized spacial score (nSPS) is 11.2. The molecule has 118 valence electrons. The van der Waals surface area contributed by atoms with E-state index in [9.17, 15) is 9.18 Å². The van der Waals surface area contributed by atoms with Crippen molar-refractivity contribution in [1.82, 2.24) is 5.32 Å². The summed E-state index contributed by atoms with van der Waals surface area (Å²) in [6, 6.07) is 6.24. The molecule has 0 aromatic heterocycles. The van der Waals surface area contributed by atoms with Crippen molar-refractivity contribution in [2.24, 2.45) is 5.73 Å². The van der Waals surface area contributed by atoms with Gasteiger partial charge in [0.05, 0.1) is 12.1 Å². The minimum absolute atomic E-state index is 0.0405. The monoisotopic (exact) mass is 296 g/mol. The van der Waals surface area contributed by atoms with Gasteiger partial charge >= 0.3 is 0 Å². The number of hydrogen-bond acceptors (Lipinski definition) is 3. The van der Waals surface area contributed by atoms with Crippen LogP contribution < -0.4 is 15.8 Å². The number of nitrogens with two attached hydrogens (primary N) is 1. The number of carbonyl (C=O) groups excluding carboxylic acids is 1. The molecule has 0 spiro atoms. The van der Waals surface area contributed by atoms with Crippen molar-refractivity contribution in [1.29, 1.82) is 0 Å². The first-order chi connectivity index (χ1) is 10.1. The van der Waals surface area contributed by atoms with E-state index in [0.717, 1.165) is 12.8 Å². The zero-order valence-corrected chi connectivity index (χ0v) is 12.8. The third-order valence-corrected chi connectivity index (χ3v) is 3.79. The van der Waals surface area contributed by atoms with E-state index >= 15 is 0 Å². The number of ether oxygens (including phenoxy) is 1. The van der Waals surface area contributed by atoms with Crippen LogP contribution >= 0.6 is 0 Å². The molecule has 0 unspecified atom stereocenters. The Balaban J connectivity index is 2.32. The summed E-state index contributed by atoms with van der Waals surface area (Å²) in [6.45, 7) is 4.76. The third kappa shape index (κ3) is 5.34. The van der Waals surface area contributed by atoms with Gasteiger partial charge < -0.3 is 15.8 Å². The highest BCUT2D eigenvalue weighted by Crippen LogP contribution is 2.16. The molecule has 0 aliphatic carbocycles. The molecule has 1 rings (SSSR count). The average molecular weight is 296 g/mol. The van der Waals surface area contributed by atoms with Crippen LogP contribution in [0.3, 0.4) is 0 Å². The molecule has 1 aromatic carbocycles. The van der Waals surface area contributed by atoms with E-state index in [-0.39, 0.29) is 23.0 Å². The van der Waals surface area contributed by atoms with Crippen molar-refractivity contribution < 1.29 is 13.9 Å².